The summed E-state index contributed by atoms with van der Waals surface area (Å²) in [5.74, 6) is 0.747. The molecule has 28 heavy (non-hydrogen) atoms. The van der Waals surface area contributed by atoms with Gasteiger partial charge in [0.1, 0.15) is 11.4 Å². The number of aromatic nitrogens is 2. The fraction of sp³-hybridized carbons (Fsp3) is 0.304. The van der Waals surface area contributed by atoms with E-state index in [-0.39, 0.29) is 11.9 Å². The van der Waals surface area contributed by atoms with Gasteiger partial charge in [-0.15, -0.1) is 0 Å². The summed E-state index contributed by atoms with van der Waals surface area (Å²) in [7, 11) is 1.64. The Balaban J connectivity index is 1.84. The van der Waals surface area contributed by atoms with Crippen LogP contribution in [0.1, 0.15) is 36.5 Å². The molecule has 0 bridgehead atoms. The molecule has 1 atom stereocenters. The second kappa shape index (κ2) is 7.89. The van der Waals surface area contributed by atoms with Crippen LogP contribution in [-0.4, -0.2) is 40.3 Å². The number of amides is 1. The maximum absolute atomic E-state index is 13.5. The molecule has 144 valence electrons. The lowest BCUT2D eigenvalue weighted by Crippen LogP contribution is -2.42. The van der Waals surface area contributed by atoms with E-state index in [1.165, 1.54) is 6.42 Å². The Bertz CT molecular complexity index is 965. The molecule has 2 aromatic carbocycles. The number of nitrogens with zero attached hydrogens (tertiary/aromatic N) is 3. The highest BCUT2D eigenvalue weighted by atomic mass is 16.5. The Morgan fingerprint density at radius 2 is 1.82 bits per heavy atom. The van der Waals surface area contributed by atoms with E-state index in [4.69, 9.17) is 9.84 Å². The zero-order valence-electron chi connectivity index (χ0n) is 16.3. The summed E-state index contributed by atoms with van der Waals surface area (Å²) in [6, 6.07) is 17.8. The van der Waals surface area contributed by atoms with Gasteiger partial charge in [-0.2, -0.15) is 5.10 Å². The Labute approximate surface area is 165 Å². The highest BCUT2D eigenvalue weighted by Gasteiger charge is 2.29. The van der Waals surface area contributed by atoms with Crippen LogP contribution in [0.3, 0.4) is 0 Å². The van der Waals surface area contributed by atoms with E-state index in [1.54, 1.807) is 11.8 Å². The molecule has 2 heterocycles. The van der Waals surface area contributed by atoms with E-state index in [1.807, 2.05) is 65.7 Å². The number of rotatable bonds is 4. The van der Waals surface area contributed by atoms with Crippen LogP contribution in [0.2, 0.25) is 0 Å². The SMILES string of the molecule is COc1ccccc1-c1nn(-c2ccccc2)cc1C(=O)N1CCCCC1C. The zero-order chi connectivity index (χ0) is 19.5. The summed E-state index contributed by atoms with van der Waals surface area (Å²) < 4.78 is 7.32. The van der Waals surface area contributed by atoms with Crippen molar-refractivity contribution in [1.29, 1.82) is 0 Å². The summed E-state index contributed by atoms with van der Waals surface area (Å²) >= 11 is 0. The molecule has 0 N–H and O–H groups in total. The number of likely N-dealkylation sites (tertiary alicyclic amines) is 1. The molecular formula is C23H25N3O2. The van der Waals surface area contributed by atoms with Crippen LogP contribution >= 0.6 is 0 Å². The second-order valence-corrected chi connectivity index (χ2v) is 7.22. The van der Waals surface area contributed by atoms with Crippen LogP contribution in [0.25, 0.3) is 16.9 Å². The number of carbonyl (C=O) groups is 1. The van der Waals surface area contributed by atoms with Gasteiger partial charge in [0.25, 0.3) is 5.91 Å². The third kappa shape index (κ3) is 3.40. The number of piperidine rings is 1. The zero-order valence-corrected chi connectivity index (χ0v) is 16.3. The van der Waals surface area contributed by atoms with Crippen LogP contribution in [0, 0.1) is 0 Å². The van der Waals surface area contributed by atoms with Gasteiger partial charge >= 0.3 is 0 Å². The lowest BCUT2D eigenvalue weighted by molar-refractivity contribution is 0.0636. The fourth-order valence-corrected chi connectivity index (χ4v) is 3.84. The van der Waals surface area contributed by atoms with Crippen molar-refractivity contribution in [2.75, 3.05) is 13.7 Å². The number of methoxy groups -OCH3 is 1. The van der Waals surface area contributed by atoms with Crippen molar-refractivity contribution in [3.8, 4) is 22.7 Å². The molecule has 1 unspecified atom stereocenters. The number of para-hydroxylation sites is 2. The molecule has 1 saturated heterocycles. The highest BCUT2D eigenvalue weighted by Crippen LogP contribution is 2.33. The summed E-state index contributed by atoms with van der Waals surface area (Å²) in [5, 5.41) is 4.79. The van der Waals surface area contributed by atoms with E-state index in [0.717, 1.165) is 30.6 Å². The first-order valence-electron chi connectivity index (χ1n) is 9.78. The molecular weight excluding hydrogens is 350 g/mol. The van der Waals surface area contributed by atoms with Gasteiger partial charge in [-0.1, -0.05) is 30.3 Å². The number of hydrogen-bond donors (Lipinski definition) is 0. The van der Waals surface area contributed by atoms with E-state index < -0.39 is 0 Å². The van der Waals surface area contributed by atoms with Gasteiger partial charge in [0.15, 0.2) is 0 Å². The average molecular weight is 375 g/mol. The predicted octanol–water partition coefficient (Wildman–Crippen LogP) is 4.56. The van der Waals surface area contributed by atoms with Crippen LogP contribution in [0.5, 0.6) is 5.75 Å². The normalized spacial score (nSPS) is 16.8. The highest BCUT2D eigenvalue weighted by molar-refractivity contribution is 6.00. The molecule has 1 aliphatic heterocycles. The van der Waals surface area contributed by atoms with E-state index >= 15 is 0 Å². The van der Waals surface area contributed by atoms with E-state index in [2.05, 4.69) is 6.92 Å². The van der Waals surface area contributed by atoms with Gasteiger partial charge < -0.3 is 9.64 Å². The largest absolute Gasteiger partial charge is 0.496 e. The van der Waals surface area contributed by atoms with Gasteiger partial charge in [0, 0.05) is 24.3 Å². The molecule has 3 aromatic rings. The molecule has 1 aromatic heterocycles. The van der Waals surface area contributed by atoms with Gasteiger partial charge in [0.05, 0.1) is 18.4 Å². The van der Waals surface area contributed by atoms with Crippen molar-refractivity contribution in [3.63, 3.8) is 0 Å². The fourth-order valence-electron chi connectivity index (χ4n) is 3.84. The molecule has 0 saturated carbocycles. The van der Waals surface area contributed by atoms with Gasteiger partial charge in [-0.3, -0.25) is 4.79 Å². The van der Waals surface area contributed by atoms with E-state index in [9.17, 15) is 4.79 Å². The molecule has 5 heteroatoms. The first kappa shape index (κ1) is 18.3. The molecule has 4 rings (SSSR count). The van der Waals surface area contributed by atoms with Crippen LogP contribution in [0.4, 0.5) is 0 Å². The standard InChI is InChI=1S/C23H25N3O2/c1-17-10-8-9-15-25(17)23(27)20-16-26(18-11-4-3-5-12-18)24-22(20)19-13-6-7-14-21(19)28-2/h3-7,11-14,16-17H,8-10,15H2,1-2H3. The first-order chi connectivity index (χ1) is 13.7. The maximum Gasteiger partial charge on any atom is 0.257 e. The molecule has 0 radical (unpaired) electrons. The summed E-state index contributed by atoms with van der Waals surface area (Å²) in [4.78, 5) is 15.5. The number of hydrogen-bond acceptors (Lipinski definition) is 3. The molecule has 5 nitrogen and oxygen atoms in total. The maximum atomic E-state index is 13.5. The third-order valence-electron chi connectivity index (χ3n) is 5.39. The monoisotopic (exact) mass is 375 g/mol. The van der Waals surface area contributed by atoms with Crippen LogP contribution in [-0.2, 0) is 0 Å². The lowest BCUT2D eigenvalue weighted by Gasteiger charge is -2.33. The lowest BCUT2D eigenvalue weighted by atomic mass is 10.0. The Kier molecular flexibility index (Phi) is 5.15. The predicted molar refractivity (Wildman–Crippen MR) is 110 cm³/mol. The van der Waals surface area contributed by atoms with Crippen molar-refractivity contribution < 1.29 is 9.53 Å². The summed E-state index contributed by atoms with van der Waals surface area (Å²) in [6.07, 6.45) is 5.11. The van der Waals surface area contributed by atoms with Crippen molar-refractivity contribution in [2.45, 2.75) is 32.2 Å². The minimum atomic E-state index is 0.0373. The van der Waals surface area contributed by atoms with Crippen molar-refractivity contribution in [2.24, 2.45) is 0 Å². The van der Waals surface area contributed by atoms with Crippen LogP contribution in [0.15, 0.2) is 60.8 Å². The minimum Gasteiger partial charge on any atom is -0.496 e. The topological polar surface area (TPSA) is 47.4 Å². The third-order valence-corrected chi connectivity index (χ3v) is 5.39. The summed E-state index contributed by atoms with van der Waals surface area (Å²) in [5.41, 5.74) is 3.02. The first-order valence-corrected chi connectivity index (χ1v) is 9.78. The number of benzene rings is 2. The Morgan fingerprint density at radius 3 is 2.57 bits per heavy atom. The minimum absolute atomic E-state index is 0.0373. The molecule has 1 amide bonds. The van der Waals surface area contributed by atoms with E-state index in [0.29, 0.717) is 17.0 Å². The molecule has 1 fully saturated rings. The van der Waals surface area contributed by atoms with Gasteiger partial charge in [0.2, 0.25) is 0 Å². The Hall–Kier alpha value is -3.08. The Morgan fingerprint density at radius 1 is 1.07 bits per heavy atom. The number of ether oxygens (including phenoxy) is 1. The van der Waals surface area contributed by atoms with Crippen molar-refractivity contribution in [1.82, 2.24) is 14.7 Å². The molecule has 1 aliphatic rings. The average Bonchev–Trinajstić information content (AvgIpc) is 3.19. The second-order valence-electron chi connectivity index (χ2n) is 7.22. The van der Waals surface area contributed by atoms with Crippen LogP contribution < -0.4 is 4.74 Å². The van der Waals surface area contributed by atoms with Gasteiger partial charge in [-0.25, -0.2) is 4.68 Å². The quantitative estimate of drug-likeness (QED) is 0.671. The molecule has 0 spiro atoms. The molecule has 0 aliphatic carbocycles. The van der Waals surface area contributed by atoms with Crippen molar-refractivity contribution in [3.05, 3.63) is 66.4 Å². The van der Waals surface area contributed by atoms with Crippen molar-refractivity contribution >= 4 is 5.91 Å². The summed E-state index contributed by atoms with van der Waals surface area (Å²) in [6.45, 7) is 2.92. The smallest absolute Gasteiger partial charge is 0.257 e. The number of carbonyl (C=O) groups excluding carboxylic acids is 1. The van der Waals surface area contributed by atoms with Gasteiger partial charge in [-0.05, 0) is 50.5 Å².